The summed E-state index contributed by atoms with van der Waals surface area (Å²) in [6.45, 7) is 1.13. The minimum atomic E-state index is -1.02. The molecule has 0 bridgehead atoms. The van der Waals surface area contributed by atoms with E-state index in [1.54, 1.807) is 19.1 Å². The van der Waals surface area contributed by atoms with E-state index in [1.807, 2.05) is 0 Å². The van der Waals surface area contributed by atoms with Crippen molar-refractivity contribution in [2.24, 2.45) is 0 Å². The molecule has 0 aromatic heterocycles. The van der Waals surface area contributed by atoms with Crippen LogP contribution >= 0.6 is 0 Å². The van der Waals surface area contributed by atoms with Crippen molar-refractivity contribution in [2.75, 3.05) is 19.8 Å². The van der Waals surface area contributed by atoms with Gasteiger partial charge in [-0.05, 0) is 13.0 Å². The fourth-order valence-electron chi connectivity index (χ4n) is 1.36. The third kappa shape index (κ3) is 3.74. The second-order valence-electron chi connectivity index (χ2n) is 4.30. The zero-order chi connectivity index (χ0) is 12.9. The van der Waals surface area contributed by atoms with Crippen molar-refractivity contribution in [3.05, 3.63) is 35.6 Å². The van der Waals surface area contributed by atoms with Crippen LogP contribution in [0.2, 0.25) is 0 Å². The Morgan fingerprint density at radius 3 is 2.41 bits per heavy atom. The molecule has 0 aliphatic rings. The van der Waals surface area contributed by atoms with Gasteiger partial charge in [-0.15, -0.1) is 0 Å². The molecule has 4 N–H and O–H groups in total. The van der Waals surface area contributed by atoms with Crippen LogP contribution in [0.5, 0.6) is 0 Å². The average Bonchev–Trinajstić information content (AvgIpc) is 2.36. The fraction of sp³-hybridized carbons (Fsp3) is 0.500. The van der Waals surface area contributed by atoms with Crippen LogP contribution in [0.25, 0.3) is 0 Å². The molecule has 0 spiro atoms. The zero-order valence-corrected chi connectivity index (χ0v) is 9.73. The molecule has 17 heavy (non-hydrogen) atoms. The molecule has 96 valence electrons. The SMILES string of the molecule is CC(CO)(CO)NCC(O)c1ccccc1F. The number of hydrogen-bond acceptors (Lipinski definition) is 4. The first-order chi connectivity index (χ1) is 8.02. The first kappa shape index (κ1) is 14.1. The smallest absolute Gasteiger partial charge is 0.129 e. The van der Waals surface area contributed by atoms with E-state index in [4.69, 9.17) is 10.2 Å². The monoisotopic (exact) mass is 243 g/mol. The molecule has 0 aliphatic carbocycles. The molecule has 0 saturated carbocycles. The van der Waals surface area contributed by atoms with E-state index in [0.717, 1.165) is 0 Å². The Morgan fingerprint density at radius 2 is 1.88 bits per heavy atom. The number of rotatable bonds is 6. The number of β-amino-alcohol motifs (C(OH)–C–C–N with tert-alkyl or cyclic N) is 1. The number of benzene rings is 1. The summed E-state index contributed by atoms with van der Waals surface area (Å²) in [5, 5.41) is 30.7. The molecule has 0 heterocycles. The standard InChI is InChI=1S/C12H18FNO3/c1-12(7-15,8-16)14-6-11(17)9-4-2-3-5-10(9)13/h2-5,11,14-17H,6-8H2,1H3. The number of halogens is 1. The summed E-state index contributed by atoms with van der Waals surface area (Å²) in [4.78, 5) is 0. The number of hydrogen-bond donors (Lipinski definition) is 4. The Bertz CT molecular complexity index is 355. The van der Waals surface area contributed by atoms with Crippen molar-refractivity contribution in [1.82, 2.24) is 5.32 Å². The molecule has 1 atom stereocenters. The highest BCUT2D eigenvalue weighted by atomic mass is 19.1. The predicted octanol–water partition coefficient (Wildman–Crippen LogP) is 0.192. The third-order valence-electron chi connectivity index (χ3n) is 2.68. The van der Waals surface area contributed by atoms with Gasteiger partial charge in [-0.2, -0.15) is 0 Å². The summed E-state index contributed by atoms with van der Waals surface area (Å²) in [7, 11) is 0. The number of aliphatic hydroxyl groups excluding tert-OH is 3. The van der Waals surface area contributed by atoms with Gasteiger partial charge in [0.05, 0.1) is 24.9 Å². The number of nitrogens with one attached hydrogen (secondary N) is 1. The van der Waals surface area contributed by atoms with Gasteiger partial charge in [0.1, 0.15) is 5.82 Å². The van der Waals surface area contributed by atoms with Crippen molar-refractivity contribution >= 4 is 0 Å². The topological polar surface area (TPSA) is 72.7 Å². The van der Waals surface area contributed by atoms with Gasteiger partial charge in [0.15, 0.2) is 0 Å². The molecule has 5 heteroatoms. The minimum absolute atomic E-state index is 0.0541. The van der Waals surface area contributed by atoms with E-state index in [2.05, 4.69) is 5.32 Å². The maximum absolute atomic E-state index is 13.3. The van der Waals surface area contributed by atoms with Crippen molar-refractivity contribution in [2.45, 2.75) is 18.6 Å². The van der Waals surface area contributed by atoms with Crippen LogP contribution in [-0.2, 0) is 0 Å². The Labute approximate surface area is 99.7 Å². The van der Waals surface area contributed by atoms with Gasteiger partial charge in [-0.25, -0.2) is 4.39 Å². The predicted molar refractivity (Wildman–Crippen MR) is 61.9 cm³/mol. The van der Waals surface area contributed by atoms with Crippen LogP contribution in [0.15, 0.2) is 24.3 Å². The van der Waals surface area contributed by atoms with Gasteiger partial charge in [0.25, 0.3) is 0 Å². The highest BCUT2D eigenvalue weighted by Gasteiger charge is 2.23. The van der Waals surface area contributed by atoms with Gasteiger partial charge in [0.2, 0.25) is 0 Å². The fourth-order valence-corrected chi connectivity index (χ4v) is 1.36. The lowest BCUT2D eigenvalue weighted by atomic mass is 10.0. The summed E-state index contributed by atoms with van der Waals surface area (Å²) in [6, 6.07) is 5.95. The maximum Gasteiger partial charge on any atom is 0.129 e. The third-order valence-corrected chi connectivity index (χ3v) is 2.68. The van der Waals surface area contributed by atoms with Crippen LogP contribution < -0.4 is 5.32 Å². The quantitative estimate of drug-likeness (QED) is 0.575. The minimum Gasteiger partial charge on any atom is -0.394 e. The van der Waals surface area contributed by atoms with Crippen LogP contribution in [0.3, 0.4) is 0 Å². The lowest BCUT2D eigenvalue weighted by molar-refractivity contribution is 0.0838. The molecule has 0 saturated heterocycles. The molecule has 0 aliphatic heterocycles. The van der Waals surface area contributed by atoms with Crippen molar-refractivity contribution in [1.29, 1.82) is 0 Å². The van der Waals surface area contributed by atoms with Crippen LogP contribution in [-0.4, -0.2) is 40.6 Å². The maximum atomic E-state index is 13.3. The van der Waals surface area contributed by atoms with Gasteiger partial charge >= 0.3 is 0 Å². The van der Waals surface area contributed by atoms with E-state index in [0.29, 0.717) is 0 Å². The van der Waals surface area contributed by atoms with E-state index < -0.39 is 17.5 Å². The summed E-state index contributed by atoms with van der Waals surface area (Å²) < 4.78 is 13.3. The summed E-state index contributed by atoms with van der Waals surface area (Å²) >= 11 is 0. The summed E-state index contributed by atoms with van der Waals surface area (Å²) in [5.74, 6) is -0.475. The molecule has 1 unspecified atom stereocenters. The Balaban J connectivity index is 2.62. The Kier molecular flexibility index (Phi) is 5.02. The van der Waals surface area contributed by atoms with Crippen LogP contribution in [0.4, 0.5) is 4.39 Å². The van der Waals surface area contributed by atoms with Gasteiger partial charge in [-0.1, -0.05) is 18.2 Å². The lowest BCUT2D eigenvalue weighted by Crippen LogP contribution is -2.50. The molecule has 1 aromatic rings. The van der Waals surface area contributed by atoms with Crippen molar-refractivity contribution in [3.8, 4) is 0 Å². The molecule has 4 nitrogen and oxygen atoms in total. The summed E-state index contributed by atoms with van der Waals surface area (Å²) in [5.41, 5.74) is -0.690. The second kappa shape index (κ2) is 6.07. The van der Waals surface area contributed by atoms with E-state index in [9.17, 15) is 9.50 Å². The Hall–Kier alpha value is -1.01. The van der Waals surface area contributed by atoms with Gasteiger partial charge < -0.3 is 20.6 Å². The Morgan fingerprint density at radius 1 is 1.29 bits per heavy atom. The van der Waals surface area contributed by atoms with Gasteiger partial charge in [-0.3, -0.25) is 0 Å². The molecule has 0 amide bonds. The van der Waals surface area contributed by atoms with Crippen LogP contribution in [0, 0.1) is 5.82 Å². The van der Waals surface area contributed by atoms with Gasteiger partial charge in [0, 0.05) is 12.1 Å². The first-order valence-corrected chi connectivity index (χ1v) is 5.41. The highest BCUT2D eigenvalue weighted by Crippen LogP contribution is 2.16. The molecule has 1 aromatic carbocycles. The zero-order valence-electron chi connectivity index (χ0n) is 9.73. The molecule has 0 radical (unpaired) electrons. The highest BCUT2D eigenvalue weighted by molar-refractivity contribution is 5.20. The molecule has 0 fully saturated rings. The van der Waals surface area contributed by atoms with Crippen molar-refractivity contribution < 1.29 is 19.7 Å². The van der Waals surface area contributed by atoms with E-state index >= 15 is 0 Å². The van der Waals surface area contributed by atoms with Crippen LogP contribution in [0.1, 0.15) is 18.6 Å². The molecular weight excluding hydrogens is 225 g/mol. The molecule has 1 rings (SSSR count). The first-order valence-electron chi connectivity index (χ1n) is 5.41. The normalized spacial score (nSPS) is 13.7. The molecular formula is C12H18FNO3. The average molecular weight is 243 g/mol. The largest absolute Gasteiger partial charge is 0.394 e. The van der Waals surface area contributed by atoms with E-state index in [-0.39, 0.29) is 25.3 Å². The van der Waals surface area contributed by atoms with E-state index in [1.165, 1.54) is 12.1 Å². The summed E-state index contributed by atoms with van der Waals surface area (Å²) in [6.07, 6.45) is -1.02. The van der Waals surface area contributed by atoms with Crippen molar-refractivity contribution in [3.63, 3.8) is 0 Å². The lowest BCUT2D eigenvalue weighted by Gasteiger charge is -2.27. The second-order valence-corrected chi connectivity index (χ2v) is 4.30. The number of aliphatic hydroxyl groups is 3.